The van der Waals surface area contributed by atoms with Crippen molar-refractivity contribution in [1.82, 2.24) is 16.0 Å². The predicted octanol–water partition coefficient (Wildman–Crippen LogP) is -0.730. The summed E-state index contributed by atoms with van der Waals surface area (Å²) in [6, 6.07) is 0. The number of hydrogen-bond donors (Lipinski definition) is 3. The minimum Gasteiger partial charge on any atom is -0.355 e. The molecule has 5 nitrogen and oxygen atoms in total. The molecule has 0 saturated heterocycles. The minimum atomic E-state index is -0.0909. The van der Waals surface area contributed by atoms with Crippen LogP contribution in [0.2, 0.25) is 0 Å². The lowest BCUT2D eigenvalue weighted by atomic mass is 10.5. The maximum absolute atomic E-state index is 10.9. The molecule has 0 fully saturated rings. The number of carbonyl (C=O) groups excluding carboxylic acids is 2. The monoisotopic (exact) mass is 223 g/mol. The molecule has 0 radical (unpaired) electrons. The van der Waals surface area contributed by atoms with Crippen molar-refractivity contribution in [1.29, 1.82) is 0 Å². The maximum Gasteiger partial charge on any atom is 0.233 e. The van der Waals surface area contributed by atoms with Crippen LogP contribution in [0.25, 0.3) is 0 Å². The van der Waals surface area contributed by atoms with Crippen molar-refractivity contribution in [3.8, 4) is 0 Å². The third-order valence-electron chi connectivity index (χ3n) is 1.32. The van der Waals surface area contributed by atoms with Crippen molar-refractivity contribution in [2.24, 2.45) is 0 Å². The molecular weight excluding hydrogens is 206 g/mol. The van der Waals surface area contributed by atoms with Crippen LogP contribution in [0.4, 0.5) is 0 Å². The molecule has 6 heteroatoms. The van der Waals surface area contributed by atoms with Crippen molar-refractivity contribution in [3.05, 3.63) is 0 Å². The van der Waals surface area contributed by atoms with Gasteiger partial charge in [0.2, 0.25) is 11.8 Å². The van der Waals surface area contributed by atoms with Gasteiger partial charge in [-0.3, -0.25) is 14.9 Å². The van der Waals surface area contributed by atoms with Crippen LogP contribution in [-0.4, -0.2) is 38.0 Å². The first-order valence-electron chi connectivity index (χ1n) is 4.44. The Balaban J connectivity index is 0. The van der Waals surface area contributed by atoms with Gasteiger partial charge in [0.05, 0.1) is 13.1 Å². The Labute approximate surface area is 90.4 Å². The van der Waals surface area contributed by atoms with Gasteiger partial charge in [0.15, 0.2) is 0 Å². The van der Waals surface area contributed by atoms with Crippen molar-refractivity contribution in [2.75, 3.05) is 26.2 Å². The summed E-state index contributed by atoms with van der Waals surface area (Å²) in [5, 5.41) is 7.97. The van der Waals surface area contributed by atoms with Crippen LogP contribution >= 0.6 is 12.4 Å². The normalized spacial score (nSPS) is 8.71. The second-order valence-corrected chi connectivity index (χ2v) is 2.51. The van der Waals surface area contributed by atoms with Gasteiger partial charge in [-0.25, -0.2) is 0 Å². The molecule has 0 unspecified atom stereocenters. The summed E-state index contributed by atoms with van der Waals surface area (Å²) in [5.74, 6) is -0.182. The maximum atomic E-state index is 10.9. The Hall–Kier alpha value is -0.810. The molecule has 0 bridgehead atoms. The lowest BCUT2D eigenvalue weighted by Gasteiger charge is -2.04. The third-order valence-corrected chi connectivity index (χ3v) is 1.32. The topological polar surface area (TPSA) is 70.2 Å². The number of hydrogen-bond acceptors (Lipinski definition) is 3. The van der Waals surface area contributed by atoms with E-state index in [9.17, 15) is 9.59 Å². The fourth-order valence-electron chi connectivity index (χ4n) is 0.809. The first-order chi connectivity index (χ1) is 6.20. The molecule has 0 aromatic carbocycles. The average molecular weight is 224 g/mol. The molecule has 2 amide bonds. The largest absolute Gasteiger partial charge is 0.355 e. The van der Waals surface area contributed by atoms with Crippen molar-refractivity contribution in [3.63, 3.8) is 0 Å². The van der Waals surface area contributed by atoms with Crippen LogP contribution in [0.3, 0.4) is 0 Å². The molecule has 0 heterocycles. The van der Waals surface area contributed by atoms with E-state index in [0.29, 0.717) is 13.1 Å². The molecule has 84 valence electrons. The highest BCUT2D eigenvalue weighted by atomic mass is 35.5. The summed E-state index contributed by atoms with van der Waals surface area (Å²) in [7, 11) is 0. The molecule has 3 N–H and O–H groups in total. The molecule has 0 aromatic rings. The smallest absolute Gasteiger partial charge is 0.233 e. The lowest BCUT2D eigenvalue weighted by molar-refractivity contribution is -0.121. The first-order valence-corrected chi connectivity index (χ1v) is 4.44. The summed E-state index contributed by atoms with van der Waals surface area (Å²) in [6.07, 6.45) is 0. The fraction of sp³-hybridized carbons (Fsp3) is 0.750. The molecule has 0 atom stereocenters. The van der Waals surface area contributed by atoms with Gasteiger partial charge < -0.3 is 10.6 Å². The van der Waals surface area contributed by atoms with E-state index < -0.39 is 0 Å². The SMILES string of the molecule is CCNC(=O)CNCC(=O)NCC.Cl. The summed E-state index contributed by atoms with van der Waals surface area (Å²) in [6.45, 7) is 5.29. The second kappa shape index (κ2) is 10.3. The van der Waals surface area contributed by atoms with Gasteiger partial charge in [0, 0.05) is 13.1 Å². The van der Waals surface area contributed by atoms with Crippen LogP contribution in [0, 0.1) is 0 Å². The number of nitrogens with one attached hydrogen (secondary N) is 3. The zero-order chi connectivity index (χ0) is 10.1. The van der Waals surface area contributed by atoms with Crippen molar-refractivity contribution in [2.45, 2.75) is 13.8 Å². The number of halogens is 1. The molecule has 0 rings (SSSR count). The van der Waals surface area contributed by atoms with E-state index in [1.54, 1.807) is 0 Å². The van der Waals surface area contributed by atoms with E-state index >= 15 is 0 Å². The van der Waals surface area contributed by atoms with Crippen LogP contribution in [0.1, 0.15) is 13.8 Å². The Bertz CT molecular complexity index is 158. The van der Waals surface area contributed by atoms with Gasteiger partial charge in [-0.1, -0.05) is 0 Å². The van der Waals surface area contributed by atoms with Crippen LogP contribution in [-0.2, 0) is 9.59 Å². The van der Waals surface area contributed by atoms with Gasteiger partial charge in [-0.05, 0) is 13.8 Å². The number of amides is 2. The zero-order valence-corrected chi connectivity index (χ0v) is 9.37. The predicted molar refractivity (Wildman–Crippen MR) is 57.5 cm³/mol. The van der Waals surface area contributed by atoms with Gasteiger partial charge in [-0.15, -0.1) is 12.4 Å². The highest BCUT2D eigenvalue weighted by molar-refractivity contribution is 5.85. The third kappa shape index (κ3) is 9.28. The van der Waals surface area contributed by atoms with Crippen LogP contribution in [0.15, 0.2) is 0 Å². The fourth-order valence-corrected chi connectivity index (χ4v) is 0.809. The molecule has 0 aliphatic rings. The second-order valence-electron chi connectivity index (χ2n) is 2.51. The highest BCUT2D eigenvalue weighted by Crippen LogP contribution is 1.66. The van der Waals surface area contributed by atoms with E-state index in [-0.39, 0.29) is 37.3 Å². The standard InChI is InChI=1S/C8H17N3O2.ClH/c1-3-10-7(12)5-9-6-8(13)11-4-2;/h9H,3-6H2,1-2H3,(H,10,12)(H,11,13);1H. The van der Waals surface area contributed by atoms with Gasteiger partial charge in [0.1, 0.15) is 0 Å². The first kappa shape index (κ1) is 15.7. The molecule has 0 spiro atoms. The van der Waals surface area contributed by atoms with E-state index in [1.807, 2.05) is 13.8 Å². The summed E-state index contributed by atoms with van der Waals surface area (Å²) in [5.41, 5.74) is 0. The van der Waals surface area contributed by atoms with Crippen molar-refractivity contribution >= 4 is 24.2 Å². The van der Waals surface area contributed by atoms with Crippen LogP contribution < -0.4 is 16.0 Å². The van der Waals surface area contributed by atoms with Gasteiger partial charge >= 0.3 is 0 Å². The minimum absolute atomic E-state index is 0. The van der Waals surface area contributed by atoms with Crippen molar-refractivity contribution < 1.29 is 9.59 Å². The Morgan fingerprint density at radius 3 is 1.57 bits per heavy atom. The Morgan fingerprint density at radius 2 is 1.29 bits per heavy atom. The molecule has 0 aliphatic heterocycles. The summed E-state index contributed by atoms with van der Waals surface area (Å²) in [4.78, 5) is 21.8. The average Bonchev–Trinajstić information content (AvgIpc) is 2.05. The molecule has 0 saturated carbocycles. The van der Waals surface area contributed by atoms with Gasteiger partial charge in [0.25, 0.3) is 0 Å². The van der Waals surface area contributed by atoms with E-state index in [1.165, 1.54) is 0 Å². The molecule has 0 aromatic heterocycles. The highest BCUT2D eigenvalue weighted by Gasteiger charge is 2.01. The van der Waals surface area contributed by atoms with Gasteiger partial charge in [-0.2, -0.15) is 0 Å². The quantitative estimate of drug-likeness (QED) is 0.556. The number of likely N-dealkylation sites (N-methyl/N-ethyl adjacent to an activating group) is 2. The number of rotatable bonds is 6. The van der Waals surface area contributed by atoms with E-state index in [0.717, 1.165) is 0 Å². The molecule has 0 aliphatic carbocycles. The Morgan fingerprint density at radius 1 is 0.929 bits per heavy atom. The lowest BCUT2D eigenvalue weighted by Crippen LogP contribution is -2.39. The molecule has 14 heavy (non-hydrogen) atoms. The Kier molecular flexibility index (Phi) is 11.5. The number of carbonyl (C=O) groups is 2. The summed E-state index contributed by atoms with van der Waals surface area (Å²) < 4.78 is 0. The zero-order valence-electron chi connectivity index (χ0n) is 8.55. The molecular formula is C8H18ClN3O2. The van der Waals surface area contributed by atoms with E-state index in [4.69, 9.17) is 0 Å². The van der Waals surface area contributed by atoms with Crippen LogP contribution in [0.5, 0.6) is 0 Å². The summed E-state index contributed by atoms with van der Waals surface area (Å²) >= 11 is 0. The van der Waals surface area contributed by atoms with E-state index in [2.05, 4.69) is 16.0 Å².